The van der Waals surface area contributed by atoms with E-state index in [1.165, 1.54) is 0 Å². The molecule has 0 aromatic rings. The smallest absolute Gasteiger partial charge is 0.342 e. The molecule has 0 aliphatic carbocycles. The summed E-state index contributed by atoms with van der Waals surface area (Å²) in [6, 6.07) is 0. The quantitative estimate of drug-likeness (QED) is 0.688. The van der Waals surface area contributed by atoms with Gasteiger partial charge >= 0.3 is 6.18 Å². The number of halogens is 3. The predicted octanol–water partition coefficient (Wildman–Crippen LogP) is 1.79. The molecule has 0 rings (SSSR count). The standard InChI is InChI=1S/C10H19F3N2O/c1-3-15(4-2)9(16)8-14-7-5-6-10(11,12)13/h14H,3-8H2,1-2H3. The minimum atomic E-state index is -4.11. The lowest BCUT2D eigenvalue weighted by Gasteiger charge is -2.18. The summed E-state index contributed by atoms with van der Waals surface area (Å²) in [7, 11) is 0. The summed E-state index contributed by atoms with van der Waals surface area (Å²) in [6.07, 6.45) is -4.90. The molecule has 0 aliphatic heterocycles. The number of likely N-dealkylation sites (N-methyl/N-ethyl adjacent to an activating group) is 1. The highest BCUT2D eigenvalue weighted by Crippen LogP contribution is 2.20. The number of carbonyl (C=O) groups is 1. The van der Waals surface area contributed by atoms with E-state index in [9.17, 15) is 18.0 Å². The number of alkyl halides is 3. The molecule has 6 heteroatoms. The molecule has 0 saturated carbocycles. The predicted molar refractivity (Wildman–Crippen MR) is 56.1 cm³/mol. The van der Waals surface area contributed by atoms with Crippen LogP contribution in [0.2, 0.25) is 0 Å². The van der Waals surface area contributed by atoms with Gasteiger partial charge < -0.3 is 10.2 Å². The van der Waals surface area contributed by atoms with E-state index in [1.807, 2.05) is 13.8 Å². The molecule has 16 heavy (non-hydrogen) atoms. The van der Waals surface area contributed by atoms with Crippen molar-refractivity contribution >= 4 is 5.91 Å². The maximum atomic E-state index is 11.8. The third kappa shape index (κ3) is 7.50. The maximum absolute atomic E-state index is 11.8. The first-order valence-electron chi connectivity index (χ1n) is 5.46. The molecule has 0 aliphatic rings. The third-order valence-corrected chi connectivity index (χ3v) is 2.21. The molecule has 0 unspecified atom stereocenters. The van der Waals surface area contributed by atoms with Crippen LogP contribution in [-0.4, -0.2) is 43.2 Å². The second-order valence-electron chi connectivity index (χ2n) is 3.46. The van der Waals surface area contributed by atoms with Gasteiger partial charge in [0.1, 0.15) is 0 Å². The van der Waals surface area contributed by atoms with Crippen molar-refractivity contribution in [3.05, 3.63) is 0 Å². The van der Waals surface area contributed by atoms with Gasteiger partial charge in [0.05, 0.1) is 6.54 Å². The molecule has 0 radical (unpaired) electrons. The molecule has 0 saturated heterocycles. The van der Waals surface area contributed by atoms with Gasteiger partial charge in [-0.2, -0.15) is 13.2 Å². The minimum Gasteiger partial charge on any atom is -0.342 e. The van der Waals surface area contributed by atoms with E-state index in [0.717, 1.165) is 0 Å². The lowest BCUT2D eigenvalue weighted by atomic mass is 10.3. The molecule has 1 amide bonds. The number of hydrogen-bond acceptors (Lipinski definition) is 2. The van der Waals surface area contributed by atoms with E-state index in [4.69, 9.17) is 0 Å². The van der Waals surface area contributed by atoms with Crippen LogP contribution in [0.3, 0.4) is 0 Å². The summed E-state index contributed by atoms with van der Waals surface area (Å²) in [4.78, 5) is 13.0. The molecule has 0 aromatic heterocycles. The molecule has 0 fully saturated rings. The summed E-state index contributed by atoms with van der Waals surface area (Å²) >= 11 is 0. The molecule has 0 bridgehead atoms. The van der Waals surface area contributed by atoms with E-state index in [-0.39, 0.29) is 25.4 Å². The van der Waals surface area contributed by atoms with Crippen LogP contribution in [0.5, 0.6) is 0 Å². The average molecular weight is 240 g/mol. The van der Waals surface area contributed by atoms with Crippen LogP contribution < -0.4 is 5.32 Å². The molecule has 0 spiro atoms. The lowest BCUT2D eigenvalue weighted by molar-refractivity contribution is -0.135. The van der Waals surface area contributed by atoms with Gasteiger partial charge in [-0.15, -0.1) is 0 Å². The Labute approximate surface area is 94.0 Å². The molecular weight excluding hydrogens is 221 g/mol. The molecular formula is C10H19F3N2O. The molecule has 96 valence electrons. The first kappa shape index (κ1) is 15.2. The van der Waals surface area contributed by atoms with Crippen LogP contribution in [0, 0.1) is 0 Å². The molecule has 1 N–H and O–H groups in total. The van der Waals surface area contributed by atoms with Gasteiger partial charge in [-0.3, -0.25) is 4.79 Å². The number of amides is 1. The summed E-state index contributed by atoms with van der Waals surface area (Å²) in [5, 5.41) is 2.72. The van der Waals surface area contributed by atoms with Crippen molar-refractivity contribution in [1.82, 2.24) is 10.2 Å². The van der Waals surface area contributed by atoms with Crippen LogP contribution in [0.4, 0.5) is 13.2 Å². The van der Waals surface area contributed by atoms with Crippen molar-refractivity contribution in [3.8, 4) is 0 Å². The van der Waals surface area contributed by atoms with Crippen molar-refractivity contribution in [2.24, 2.45) is 0 Å². The fourth-order valence-corrected chi connectivity index (χ4v) is 1.30. The SMILES string of the molecule is CCN(CC)C(=O)CNCCCC(F)(F)F. The monoisotopic (exact) mass is 240 g/mol. The summed E-state index contributed by atoms with van der Waals surface area (Å²) in [5.74, 6) is -0.0722. The van der Waals surface area contributed by atoms with Crippen molar-refractivity contribution in [2.75, 3.05) is 26.2 Å². The van der Waals surface area contributed by atoms with E-state index in [0.29, 0.717) is 13.1 Å². The molecule has 3 nitrogen and oxygen atoms in total. The summed E-state index contributed by atoms with van der Waals surface area (Å²) < 4.78 is 35.3. The van der Waals surface area contributed by atoms with E-state index in [1.54, 1.807) is 4.90 Å². The van der Waals surface area contributed by atoms with Crippen LogP contribution >= 0.6 is 0 Å². The van der Waals surface area contributed by atoms with Gasteiger partial charge in [0.25, 0.3) is 0 Å². The highest BCUT2D eigenvalue weighted by atomic mass is 19.4. The van der Waals surface area contributed by atoms with Gasteiger partial charge in [-0.1, -0.05) is 0 Å². The van der Waals surface area contributed by atoms with Crippen LogP contribution in [0.1, 0.15) is 26.7 Å². The Morgan fingerprint density at radius 3 is 2.25 bits per heavy atom. The normalized spacial score (nSPS) is 11.6. The van der Waals surface area contributed by atoms with Crippen LogP contribution in [-0.2, 0) is 4.79 Å². The topological polar surface area (TPSA) is 32.3 Å². The highest BCUT2D eigenvalue weighted by Gasteiger charge is 2.25. The van der Waals surface area contributed by atoms with Gasteiger partial charge in [0.15, 0.2) is 0 Å². The van der Waals surface area contributed by atoms with Crippen molar-refractivity contribution in [2.45, 2.75) is 32.9 Å². The highest BCUT2D eigenvalue weighted by molar-refractivity contribution is 5.78. The summed E-state index contributed by atoms with van der Waals surface area (Å²) in [5.41, 5.74) is 0. The maximum Gasteiger partial charge on any atom is 0.389 e. The Bertz CT molecular complexity index is 203. The zero-order valence-electron chi connectivity index (χ0n) is 9.73. The first-order valence-corrected chi connectivity index (χ1v) is 5.46. The van der Waals surface area contributed by atoms with Crippen molar-refractivity contribution in [1.29, 1.82) is 0 Å². The Morgan fingerprint density at radius 2 is 1.81 bits per heavy atom. The Morgan fingerprint density at radius 1 is 1.25 bits per heavy atom. The van der Waals surface area contributed by atoms with E-state index in [2.05, 4.69) is 5.32 Å². The molecule has 0 atom stereocenters. The third-order valence-electron chi connectivity index (χ3n) is 2.21. The summed E-state index contributed by atoms with van der Waals surface area (Å²) in [6.45, 7) is 5.31. The number of carbonyl (C=O) groups excluding carboxylic acids is 1. The number of nitrogens with zero attached hydrogens (tertiary/aromatic N) is 1. The first-order chi connectivity index (χ1) is 7.40. The molecule has 0 aromatic carbocycles. The van der Waals surface area contributed by atoms with Gasteiger partial charge in [-0.05, 0) is 26.8 Å². The van der Waals surface area contributed by atoms with Gasteiger partial charge in [0.2, 0.25) is 5.91 Å². The van der Waals surface area contributed by atoms with E-state index >= 15 is 0 Å². The average Bonchev–Trinajstić information content (AvgIpc) is 2.17. The lowest BCUT2D eigenvalue weighted by Crippen LogP contribution is -2.38. The van der Waals surface area contributed by atoms with Crippen LogP contribution in [0.25, 0.3) is 0 Å². The molecule has 0 heterocycles. The Balaban J connectivity index is 3.55. The Kier molecular flexibility index (Phi) is 7.12. The van der Waals surface area contributed by atoms with Crippen molar-refractivity contribution in [3.63, 3.8) is 0 Å². The number of hydrogen-bond donors (Lipinski definition) is 1. The van der Waals surface area contributed by atoms with Gasteiger partial charge in [0, 0.05) is 19.5 Å². The second-order valence-corrected chi connectivity index (χ2v) is 3.46. The Hall–Kier alpha value is -0.780. The second kappa shape index (κ2) is 7.49. The zero-order valence-corrected chi connectivity index (χ0v) is 9.73. The number of rotatable bonds is 7. The fraction of sp³-hybridized carbons (Fsp3) is 0.900. The van der Waals surface area contributed by atoms with E-state index < -0.39 is 12.6 Å². The fourth-order valence-electron chi connectivity index (χ4n) is 1.30. The minimum absolute atomic E-state index is 0.00896. The van der Waals surface area contributed by atoms with Crippen molar-refractivity contribution < 1.29 is 18.0 Å². The van der Waals surface area contributed by atoms with Crippen LogP contribution in [0.15, 0.2) is 0 Å². The number of nitrogens with one attached hydrogen (secondary N) is 1. The largest absolute Gasteiger partial charge is 0.389 e. The zero-order chi connectivity index (χ0) is 12.6. The van der Waals surface area contributed by atoms with Gasteiger partial charge in [-0.25, -0.2) is 0 Å².